The van der Waals surface area contributed by atoms with Gasteiger partial charge in [0.25, 0.3) is 5.91 Å². The zero-order chi connectivity index (χ0) is 14.5. The van der Waals surface area contributed by atoms with E-state index in [4.69, 9.17) is 4.74 Å². The van der Waals surface area contributed by atoms with E-state index in [1.54, 1.807) is 19.1 Å². The molecule has 0 aromatic heterocycles. The third-order valence-corrected chi connectivity index (χ3v) is 3.11. The van der Waals surface area contributed by atoms with Gasteiger partial charge in [0.15, 0.2) is 0 Å². The number of methoxy groups -OCH3 is 1. The first-order chi connectivity index (χ1) is 9.60. The molecule has 0 bridgehead atoms. The molecule has 1 aliphatic rings. The number of amides is 2. The summed E-state index contributed by atoms with van der Waals surface area (Å²) in [6, 6.07) is 7.33. The van der Waals surface area contributed by atoms with Crippen LogP contribution in [0.4, 0.5) is 5.69 Å². The van der Waals surface area contributed by atoms with Gasteiger partial charge < -0.3 is 10.1 Å². The molecule has 1 aromatic rings. The summed E-state index contributed by atoms with van der Waals surface area (Å²) in [6.45, 7) is 1.68. The number of ether oxygens (including phenoxy) is 1. The number of rotatable bonds is 4. The van der Waals surface area contributed by atoms with Gasteiger partial charge in [-0.05, 0) is 24.6 Å². The molecule has 6 nitrogen and oxygen atoms in total. The van der Waals surface area contributed by atoms with Crippen molar-refractivity contribution in [1.82, 2.24) is 5.43 Å². The Morgan fingerprint density at radius 3 is 2.60 bits per heavy atom. The molecule has 106 valence electrons. The molecule has 0 aliphatic carbocycles. The molecule has 1 heterocycles. The van der Waals surface area contributed by atoms with Crippen molar-refractivity contribution in [2.75, 3.05) is 12.4 Å². The predicted octanol–water partition coefficient (Wildman–Crippen LogP) is 1.27. The van der Waals surface area contributed by atoms with Gasteiger partial charge in [0.05, 0.1) is 5.71 Å². The molecular weight excluding hydrogens is 258 g/mol. The lowest BCUT2D eigenvalue weighted by molar-refractivity contribution is -0.124. The summed E-state index contributed by atoms with van der Waals surface area (Å²) in [5.41, 5.74) is 4.93. The highest BCUT2D eigenvalue weighted by molar-refractivity contribution is 6.04. The molecule has 0 saturated carbocycles. The molecule has 1 unspecified atom stereocenters. The van der Waals surface area contributed by atoms with E-state index >= 15 is 0 Å². The predicted molar refractivity (Wildman–Crippen MR) is 75.5 cm³/mol. The van der Waals surface area contributed by atoms with Gasteiger partial charge in [-0.3, -0.25) is 9.59 Å². The number of carbonyl (C=O) groups excluding carboxylic acids is 2. The Morgan fingerprint density at radius 1 is 1.35 bits per heavy atom. The van der Waals surface area contributed by atoms with Crippen LogP contribution >= 0.6 is 0 Å². The van der Waals surface area contributed by atoms with Crippen molar-refractivity contribution in [3.8, 4) is 0 Å². The van der Waals surface area contributed by atoms with Crippen LogP contribution in [-0.4, -0.2) is 30.7 Å². The molecule has 0 radical (unpaired) electrons. The zero-order valence-electron chi connectivity index (χ0n) is 11.5. The Hall–Kier alpha value is -2.21. The number of nitrogens with zero attached hydrogens (tertiary/aromatic N) is 1. The van der Waals surface area contributed by atoms with E-state index in [0.29, 0.717) is 18.5 Å². The van der Waals surface area contributed by atoms with E-state index < -0.39 is 6.10 Å². The molecule has 1 aliphatic heterocycles. The number of carbonyl (C=O) groups is 2. The maximum atomic E-state index is 11.7. The van der Waals surface area contributed by atoms with E-state index in [1.165, 1.54) is 7.11 Å². The van der Waals surface area contributed by atoms with Crippen molar-refractivity contribution in [2.45, 2.75) is 25.9 Å². The third-order valence-electron chi connectivity index (χ3n) is 3.11. The average molecular weight is 275 g/mol. The standard InChI is InChI=1S/C14H17N3O3/c1-9(20-2)14(19)15-11-5-3-10(4-6-11)12-7-8-13(18)17-16-12/h3-6,9H,7-8H2,1-2H3,(H,15,19)(H,17,18). The molecule has 0 saturated heterocycles. The van der Waals surface area contributed by atoms with Gasteiger partial charge in [0, 0.05) is 25.6 Å². The summed E-state index contributed by atoms with van der Waals surface area (Å²) in [5, 5.41) is 6.78. The van der Waals surface area contributed by atoms with Crippen LogP contribution in [0, 0.1) is 0 Å². The fourth-order valence-corrected chi connectivity index (χ4v) is 1.78. The maximum Gasteiger partial charge on any atom is 0.253 e. The Morgan fingerprint density at radius 2 is 2.05 bits per heavy atom. The maximum absolute atomic E-state index is 11.7. The van der Waals surface area contributed by atoms with E-state index in [2.05, 4.69) is 15.8 Å². The first kappa shape index (κ1) is 14.2. The van der Waals surface area contributed by atoms with Crippen molar-refractivity contribution in [3.63, 3.8) is 0 Å². The van der Waals surface area contributed by atoms with Crippen molar-refractivity contribution in [3.05, 3.63) is 29.8 Å². The number of nitrogens with one attached hydrogen (secondary N) is 2. The second-order valence-corrected chi connectivity index (χ2v) is 4.54. The van der Waals surface area contributed by atoms with Crippen molar-refractivity contribution in [2.24, 2.45) is 5.10 Å². The second kappa shape index (κ2) is 6.29. The van der Waals surface area contributed by atoms with Crippen LogP contribution < -0.4 is 10.7 Å². The monoisotopic (exact) mass is 275 g/mol. The lowest BCUT2D eigenvalue weighted by Gasteiger charge is -2.13. The Kier molecular flexibility index (Phi) is 4.47. The summed E-state index contributed by atoms with van der Waals surface area (Å²) < 4.78 is 4.94. The summed E-state index contributed by atoms with van der Waals surface area (Å²) >= 11 is 0. The number of hydrogen-bond donors (Lipinski definition) is 2. The highest BCUT2D eigenvalue weighted by atomic mass is 16.5. The fourth-order valence-electron chi connectivity index (χ4n) is 1.78. The molecule has 1 atom stereocenters. The van der Waals surface area contributed by atoms with Gasteiger partial charge in [0.1, 0.15) is 6.10 Å². The van der Waals surface area contributed by atoms with Crippen LogP contribution in [0.5, 0.6) is 0 Å². The second-order valence-electron chi connectivity index (χ2n) is 4.54. The molecule has 2 rings (SSSR count). The summed E-state index contributed by atoms with van der Waals surface area (Å²) in [6.07, 6.45) is 0.577. The van der Waals surface area contributed by atoms with Gasteiger partial charge in [-0.1, -0.05) is 12.1 Å². The molecule has 1 aromatic carbocycles. The zero-order valence-corrected chi connectivity index (χ0v) is 11.5. The van der Waals surface area contributed by atoms with Crippen LogP contribution in [0.1, 0.15) is 25.3 Å². The van der Waals surface area contributed by atoms with E-state index in [9.17, 15) is 9.59 Å². The fraction of sp³-hybridized carbons (Fsp3) is 0.357. The number of hydrogen-bond acceptors (Lipinski definition) is 4. The molecular formula is C14H17N3O3. The number of anilines is 1. The highest BCUT2D eigenvalue weighted by Gasteiger charge is 2.14. The van der Waals surface area contributed by atoms with Gasteiger partial charge in [-0.2, -0.15) is 5.10 Å². The molecule has 0 fully saturated rings. The van der Waals surface area contributed by atoms with Crippen LogP contribution in [0.25, 0.3) is 0 Å². The van der Waals surface area contributed by atoms with E-state index in [0.717, 1.165) is 11.3 Å². The minimum atomic E-state index is -0.493. The Bertz CT molecular complexity index is 537. The SMILES string of the molecule is COC(C)C(=O)Nc1ccc(C2=NNC(=O)CC2)cc1. The largest absolute Gasteiger partial charge is 0.372 e. The molecule has 20 heavy (non-hydrogen) atoms. The minimum absolute atomic E-state index is 0.0637. The van der Waals surface area contributed by atoms with Crippen LogP contribution in [0.3, 0.4) is 0 Å². The molecule has 0 spiro atoms. The summed E-state index contributed by atoms with van der Waals surface area (Å²) in [4.78, 5) is 22.7. The lowest BCUT2D eigenvalue weighted by atomic mass is 10.0. The van der Waals surface area contributed by atoms with E-state index in [1.807, 2.05) is 12.1 Å². The van der Waals surface area contributed by atoms with Gasteiger partial charge in [-0.25, -0.2) is 5.43 Å². The first-order valence-corrected chi connectivity index (χ1v) is 6.39. The number of hydrazone groups is 1. The minimum Gasteiger partial charge on any atom is -0.372 e. The Labute approximate surface area is 117 Å². The van der Waals surface area contributed by atoms with Gasteiger partial charge in [0.2, 0.25) is 5.91 Å². The third kappa shape index (κ3) is 3.42. The smallest absolute Gasteiger partial charge is 0.253 e. The van der Waals surface area contributed by atoms with Crippen LogP contribution in [0.2, 0.25) is 0 Å². The van der Waals surface area contributed by atoms with E-state index in [-0.39, 0.29) is 11.8 Å². The molecule has 2 N–H and O–H groups in total. The molecule has 6 heteroatoms. The van der Waals surface area contributed by atoms with Gasteiger partial charge in [-0.15, -0.1) is 0 Å². The normalized spacial score (nSPS) is 16.1. The Balaban J connectivity index is 2.03. The van der Waals surface area contributed by atoms with Crippen molar-refractivity contribution in [1.29, 1.82) is 0 Å². The van der Waals surface area contributed by atoms with Crippen LogP contribution in [-0.2, 0) is 14.3 Å². The quantitative estimate of drug-likeness (QED) is 0.868. The topological polar surface area (TPSA) is 79.8 Å². The first-order valence-electron chi connectivity index (χ1n) is 6.39. The van der Waals surface area contributed by atoms with Gasteiger partial charge >= 0.3 is 0 Å². The highest BCUT2D eigenvalue weighted by Crippen LogP contribution is 2.14. The van der Waals surface area contributed by atoms with Crippen molar-refractivity contribution >= 4 is 23.2 Å². The number of benzene rings is 1. The average Bonchev–Trinajstić information content (AvgIpc) is 2.48. The lowest BCUT2D eigenvalue weighted by Crippen LogP contribution is -2.27. The van der Waals surface area contributed by atoms with Crippen LogP contribution in [0.15, 0.2) is 29.4 Å². The molecule has 2 amide bonds. The van der Waals surface area contributed by atoms with Crippen molar-refractivity contribution < 1.29 is 14.3 Å². The summed E-state index contributed by atoms with van der Waals surface area (Å²) in [5.74, 6) is -0.256. The summed E-state index contributed by atoms with van der Waals surface area (Å²) in [7, 11) is 1.49.